The third-order valence-corrected chi connectivity index (χ3v) is 0.756. The Morgan fingerprint density at radius 2 is 1.36 bits per heavy atom. The maximum Gasteiger partial charge on any atom is 1.00 e. The maximum atomic E-state index is 8.66. The first kappa shape index (κ1) is 20.5. The molecule has 0 aromatic heterocycles. The minimum atomic E-state index is -5.14. The Balaban J connectivity index is -0.000000159. The van der Waals surface area contributed by atoms with Crippen LogP contribution in [0.3, 0.4) is 0 Å². The summed E-state index contributed by atoms with van der Waals surface area (Å²) < 4.78 is 8.66. The van der Waals surface area contributed by atoms with Crippen LogP contribution in [-0.2, 0) is 4.57 Å². The van der Waals surface area contributed by atoms with Crippen LogP contribution in [0, 0.1) is 0 Å². The SMILES string of the molecule is O=P([O-])([O-])O.Oc1ccccc1.[Na+].[Na+]. The summed E-state index contributed by atoms with van der Waals surface area (Å²) in [6.45, 7) is 0. The number of phenols is 1. The van der Waals surface area contributed by atoms with Crippen molar-refractivity contribution in [3.63, 3.8) is 0 Å². The van der Waals surface area contributed by atoms with Crippen molar-refractivity contribution in [2.45, 2.75) is 0 Å². The Hall–Kier alpha value is 1.13. The van der Waals surface area contributed by atoms with Gasteiger partial charge in [-0.15, -0.1) is 0 Å². The fraction of sp³-hybridized carbons (Fsp3) is 0. The van der Waals surface area contributed by atoms with Crippen molar-refractivity contribution in [3.05, 3.63) is 30.3 Å². The molecule has 0 heterocycles. The van der Waals surface area contributed by atoms with Crippen LogP contribution >= 0.6 is 7.82 Å². The van der Waals surface area contributed by atoms with Gasteiger partial charge < -0.3 is 24.4 Å². The average Bonchev–Trinajstić information content (AvgIpc) is 1.85. The average molecular weight is 236 g/mol. The van der Waals surface area contributed by atoms with E-state index in [0.717, 1.165) is 0 Å². The molecule has 0 saturated heterocycles. The van der Waals surface area contributed by atoms with Crippen LogP contribution < -0.4 is 68.9 Å². The van der Waals surface area contributed by atoms with Crippen LogP contribution in [0.1, 0.15) is 0 Å². The van der Waals surface area contributed by atoms with Crippen LogP contribution in [0.4, 0.5) is 0 Å². The second kappa shape index (κ2) is 10.6. The summed E-state index contributed by atoms with van der Waals surface area (Å²) in [6.07, 6.45) is 0. The van der Waals surface area contributed by atoms with Crippen molar-refractivity contribution in [1.82, 2.24) is 0 Å². The predicted molar refractivity (Wildman–Crippen MR) is 37.9 cm³/mol. The topological polar surface area (TPSA) is 104 Å². The number of phosphoric acid groups is 1. The summed E-state index contributed by atoms with van der Waals surface area (Å²) in [5.74, 6) is 0.322. The molecule has 0 bridgehead atoms. The molecule has 0 aliphatic carbocycles. The number of hydrogen-bond acceptors (Lipinski definition) is 4. The molecule has 0 spiro atoms. The third kappa shape index (κ3) is 23.2. The summed E-state index contributed by atoms with van der Waals surface area (Å²) in [5, 5.41) is 8.63. The molecule has 68 valence electrons. The van der Waals surface area contributed by atoms with Gasteiger partial charge in [-0.05, 0) is 12.1 Å². The molecule has 2 N–H and O–H groups in total. The van der Waals surface area contributed by atoms with E-state index in [1.54, 1.807) is 24.3 Å². The standard InChI is InChI=1S/C6H6O.2Na.H3O4P/c7-6-4-2-1-3-5-6;;;1-5(2,3)4/h1-5,7H;;;(H3,1,2,3,4)/q;2*+1;/p-2. The fourth-order valence-electron chi connectivity index (χ4n) is 0.428. The van der Waals surface area contributed by atoms with Crippen LogP contribution in [-0.4, -0.2) is 10.00 Å². The van der Waals surface area contributed by atoms with Gasteiger partial charge in [0.2, 0.25) is 0 Å². The Labute approximate surface area is 126 Å². The van der Waals surface area contributed by atoms with Gasteiger partial charge >= 0.3 is 59.1 Å². The van der Waals surface area contributed by atoms with E-state index in [1.807, 2.05) is 6.07 Å². The van der Waals surface area contributed by atoms with Gasteiger partial charge in [0.05, 0.1) is 7.82 Å². The van der Waals surface area contributed by atoms with E-state index in [-0.39, 0.29) is 59.1 Å². The smallest absolute Gasteiger partial charge is 0.790 e. The number of aromatic hydroxyl groups is 1. The molecular weight excluding hydrogens is 229 g/mol. The first-order valence-electron chi connectivity index (χ1n) is 2.88. The van der Waals surface area contributed by atoms with E-state index in [1.165, 1.54) is 0 Å². The molecule has 1 aromatic rings. The molecular formula is C6H7Na2O5P. The van der Waals surface area contributed by atoms with Crippen LogP contribution in [0.2, 0.25) is 0 Å². The molecule has 1 rings (SSSR count). The molecule has 1 aromatic carbocycles. The van der Waals surface area contributed by atoms with Gasteiger partial charge in [-0.2, -0.15) is 0 Å². The molecule has 0 amide bonds. The van der Waals surface area contributed by atoms with E-state index in [2.05, 4.69) is 0 Å². The van der Waals surface area contributed by atoms with Gasteiger partial charge in [0.15, 0.2) is 0 Å². The minimum absolute atomic E-state index is 0. The molecule has 8 heteroatoms. The number of rotatable bonds is 0. The Morgan fingerprint density at radius 1 is 1.07 bits per heavy atom. The first-order chi connectivity index (χ1) is 5.39. The Morgan fingerprint density at radius 3 is 1.50 bits per heavy atom. The van der Waals surface area contributed by atoms with E-state index in [4.69, 9.17) is 24.4 Å². The van der Waals surface area contributed by atoms with E-state index in [0.29, 0.717) is 5.75 Å². The Kier molecular flexibility index (Phi) is 15.6. The quantitative estimate of drug-likeness (QED) is 0.344. The molecule has 0 radical (unpaired) electrons. The summed E-state index contributed by atoms with van der Waals surface area (Å²) in [6, 6.07) is 8.71. The van der Waals surface area contributed by atoms with Crippen LogP contribution in [0.15, 0.2) is 30.3 Å². The summed E-state index contributed by atoms with van der Waals surface area (Å²) in [4.78, 5) is 24.3. The number of hydrogen-bond donors (Lipinski definition) is 2. The third-order valence-electron chi connectivity index (χ3n) is 0.756. The molecule has 14 heavy (non-hydrogen) atoms. The van der Waals surface area contributed by atoms with Gasteiger partial charge in [-0.3, -0.25) is 0 Å². The minimum Gasteiger partial charge on any atom is -0.790 e. The number of phenolic OH excluding ortho intramolecular Hbond substituents is 1. The zero-order valence-corrected chi connectivity index (χ0v) is 12.8. The van der Waals surface area contributed by atoms with Crippen molar-refractivity contribution < 1.29 is 83.5 Å². The Bertz CT molecular complexity index is 254. The zero-order valence-electron chi connectivity index (χ0n) is 7.95. The maximum absolute atomic E-state index is 8.66. The summed E-state index contributed by atoms with van der Waals surface area (Å²) in [7, 11) is -5.14. The van der Waals surface area contributed by atoms with Crippen molar-refractivity contribution in [3.8, 4) is 5.75 Å². The van der Waals surface area contributed by atoms with Crippen molar-refractivity contribution >= 4 is 7.82 Å². The second-order valence-corrected chi connectivity index (χ2v) is 2.74. The molecule has 0 aliphatic rings. The molecule has 0 unspecified atom stereocenters. The normalized spacial score (nSPS) is 8.50. The van der Waals surface area contributed by atoms with Gasteiger partial charge in [0.1, 0.15) is 5.75 Å². The van der Waals surface area contributed by atoms with Gasteiger partial charge in [0, 0.05) is 0 Å². The number of benzene rings is 1. The zero-order chi connectivity index (χ0) is 9.61. The van der Waals surface area contributed by atoms with Gasteiger partial charge in [0.25, 0.3) is 0 Å². The number of para-hydroxylation sites is 1. The monoisotopic (exact) mass is 236 g/mol. The molecule has 0 atom stereocenters. The van der Waals surface area contributed by atoms with Gasteiger partial charge in [-0.25, -0.2) is 0 Å². The van der Waals surface area contributed by atoms with E-state index in [9.17, 15) is 0 Å². The summed E-state index contributed by atoms with van der Waals surface area (Å²) >= 11 is 0. The molecule has 5 nitrogen and oxygen atoms in total. The van der Waals surface area contributed by atoms with E-state index >= 15 is 0 Å². The second-order valence-electron chi connectivity index (χ2n) is 1.80. The first-order valence-corrected chi connectivity index (χ1v) is 4.38. The van der Waals surface area contributed by atoms with Crippen LogP contribution in [0.5, 0.6) is 5.75 Å². The van der Waals surface area contributed by atoms with Crippen molar-refractivity contribution in [1.29, 1.82) is 0 Å². The summed E-state index contributed by atoms with van der Waals surface area (Å²) in [5.41, 5.74) is 0. The van der Waals surface area contributed by atoms with E-state index < -0.39 is 7.82 Å². The molecule has 0 aliphatic heterocycles. The van der Waals surface area contributed by atoms with Crippen molar-refractivity contribution in [2.75, 3.05) is 0 Å². The fourth-order valence-corrected chi connectivity index (χ4v) is 0.428. The van der Waals surface area contributed by atoms with Gasteiger partial charge in [-0.1, -0.05) is 18.2 Å². The van der Waals surface area contributed by atoms with Crippen molar-refractivity contribution in [2.24, 2.45) is 0 Å². The van der Waals surface area contributed by atoms with Crippen LogP contribution in [0.25, 0.3) is 0 Å². The molecule has 0 saturated carbocycles. The predicted octanol–water partition coefficient (Wildman–Crippen LogP) is -6.79. The molecule has 0 fully saturated rings. The largest absolute Gasteiger partial charge is 1.00 e.